The van der Waals surface area contributed by atoms with Gasteiger partial charge in [-0.15, -0.1) is 0 Å². The zero-order valence-electron chi connectivity index (χ0n) is 11.9. The first-order valence-electron chi connectivity index (χ1n) is 6.56. The minimum absolute atomic E-state index is 0.0857. The van der Waals surface area contributed by atoms with Crippen LogP contribution in [0.4, 0.5) is 14.5 Å². The summed E-state index contributed by atoms with van der Waals surface area (Å²) in [5.41, 5.74) is 0.653. The number of nitrogens with zero attached hydrogens (tertiary/aromatic N) is 1. The highest BCUT2D eigenvalue weighted by atomic mass is 19.2. The van der Waals surface area contributed by atoms with E-state index in [1.807, 2.05) is 13.8 Å². The summed E-state index contributed by atoms with van der Waals surface area (Å²) in [6.07, 6.45) is 0. The molecule has 2 rings (SSSR count). The minimum atomic E-state index is -1.14. The molecular formula is C15H16F2N2O2. The van der Waals surface area contributed by atoms with Crippen molar-refractivity contribution < 1.29 is 18.4 Å². The Labute approximate surface area is 121 Å². The van der Waals surface area contributed by atoms with Gasteiger partial charge in [-0.3, -0.25) is 9.59 Å². The fourth-order valence-electron chi connectivity index (χ4n) is 2.07. The highest BCUT2D eigenvalue weighted by molar-refractivity contribution is 6.52. The van der Waals surface area contributed by atoms with Gasteiger partial charge in [0.1, 0.15) is 0 Å². The Morgan fingerprint density at radius 3 is 2.52 bits per heavy atom. The molecule has 1 aliphatic heterocycles. The summed E-state index contributed by atoms with van der Waals surface area (Å²) in [7, 11) is 0. The van der Waals surface area contributed by atoms with Crippen molar-refractivity contribution in [1.82, 2.24) is 5.32 Å². The molecule has 112 valence electrons. The highest BCUT2D eigenvalue weighted by Gasteiger charge is 2.37. The summed E-state index contributed by atoms with van der Waals surface area (Å²) in [6, 6.07) is 1.88. The minimum Gasteiger partial charge on any atom is -0.311 e. The zero-order chi connectivity index (χ0) is 15.7. The molecule has 1 aliphatic rings. The molecular weight excluding hydrogens is 278 g/mol. The Morgan fingerprint density at radius 2 is 1.90 bits per heavy atom. The van der Waals surface area contributed by atoms with Crippen LogP contribution in [0.1, 0.15) is 24.2 Å². The van der Waals surface area contributed by atoms with Crippen LogP contribution in [0.3, 0.4) is 0 Å². The summed E-state index contributed by atoms with van der Waals surface area (Å²) in [6.45, 7) is 8.31. The van der Waals surface area contributed by atoms with Crippen molar-refractivity contribution in [3.05, 3.63) is 41.5 Å². The number of amides is 1. The Bertz CT molecular complexity index is 626. The lowest BCUT2D eigenvalue weighted by molar-refractivity contribution is -0.114. The third kappa shape index (κ3) is 3.00. The number of fused-ring (bicyclic) bond motifs is 1. The van der Waals surface area contributed by atoms with Crippen LogP contribution in [0, 0.1) is 11.6 Å². The fraction of sp³-hybridized carbons (Fsp3) is 0.333. The number of anilines is 1. The molecule has 0 spiro atoms. The van der Waals surface area contributed by atoms with Gasteiger partial charge in [0.05, 0.1) is 11.3 Å². The van der Waals surface area contributed by atoms with Gasteiger partial charge in [0, 0.05) is 25.2 Å². The number of rotatable bonds is 5. The van der Waals surface area contributed by atoms with Crippen molar-refractivity contribution in [1.29, 1.82) is 0 Å². The first-order chi connectivity index (χ1) is 9.81. The number of carbonyl (C=O) groups is 2. The summed E-state index contributed by atoms with van der Waals surface area (Å²) >= 11 is 0. The van der Waals surface area contributed by atoms with Gasteiger partial charge in [0.2, 0.25) is 0 Å². The number of benzene rings is 1. The van der Waals surface area contributed by atoms with Gasteiger partial charge in [0.15, 0.2) is 11.6 Å². The summed E-state index contributed by atoms with van der Waals surface area (Å²) in [5.74, 6) is -3.85. The van der Waals surface area contributed by atoms with E-state index < -0.39 is 23.3 Å². The van der Waals surface area contributed by atoms with E-state index >= 15 is 0 Å². The standard InChI is InChI=1S/C15H16F2N2O2/c1-8(2)18-6-9(3)7-19-13-5-12(17)11(16)4-10(13)14(20)15(19)21/h4-5,8,18H,3,6-7H2,1-2H3. The summed E-state index contributed by atoms with van der Waals surface area (Å²) in [5, 5.41) is 3.13. The van der Waals surface area contributed by atoms with Crippen LogP contribution >= 0.6 is 0 Å². The molecule has 1 amide bonds. The highest BCUT2D eigenvalue weighted by Crippen LogP contribution is 2.31. The predicted molar refractivity (Wildman–Crippen MR) is 75.3 cm³/mol. The average Bonchev–Trinajstić information content (AvgIpc) is 2.63. The second-order valence-corrected chi connectivity index (χ2v) is 5.29. The Balaban J connectivity index is 2.23. The lowest BCUT2D eigenvalue weighted by Gasteiger charge is -2.19. The SMILES string of the molecule is C=C(CNC(C)C)CN1C(=O)C(=O)c2cc(F)c(F)cc21. The molecule has 0 radical (unpaired) electrons. The van der Waals surface area contributed by atoms with Gasteiger partial charge in [0.25, 0.3) is 11.7 Å². The average molecular weight is 294 g/mol. The van der Waals surface area contributed by atoms with E-state index in [-0.39, 0.29) is 23.8 Å². The van der Waals surface area contributed by atoms with E-state index in [1.165, 1.54) is 0 Å². The molecule has 1 aromatic rings. The summed E-state index contributed by atoms with van der Waals surface area (Å²) < 4.78 is 26.5. The second-order valence-electron chi connectivity index (χ2n) is 5.29. The molecule has 0 atom stereocenters. The van der Waals surface area contributed by atoms with Crippen molar-refractivity contribution in [3.8, 4) is 0 Å². The number of carbonyl (C=O) groups excluding carboxylic acids is 2. The van der Waals surface area contributed by atoms with Crippen molar-refractivity contribution in [2.24, 2.45) is 0 Å². The van der Waals surface area contributed by atoms with E-state index in [0.29, 0.717) is 12.1 Å². The van der Waals surface area contributed by atoms with E-state index in [9.17, 15) is 18.4 Å². The van der Waals surface area contributed by atoms with E-state index in [2.05, 4.69) is 11.9 Å². The van der Waals surface area contributed by atoms with Gasteiger partial charge in [-0.2, -0.15) is 0 Å². The van der Waals surface area contributed by atoms with Crippen LogP contribution in [0.15, 0.2) is 24.3 Å². The maximum atomic E-state index is 13.3. The van der Waals surface area contributed by atoms with Gasteiger partial charge in [-0.25, -0.2) is 8.78 Å². The molecule has 6 heteroatoms. The molecule has 0 unspecified atom stereocenters. The molecule has 0 bridgehead atoms. The smallest absolute Gasteiger partial charge is 0.299 e. The number of ketones is 1. The van der Waals surface area contributed by atoms with Crippen molar-refractivity contribution >= 4 is 17.4 Å². The molecule has 4 nitrogen and oxygen atoms in total. The maximum absolute atomic E-state index is 13.3. The molecule has 0 saturated carbocycles. The van der Waals surface area contributed by atoms with Crippen LogP contribution < -0.4 is 10.2 Å². The third-order valence-corrected chi connectivity index (χ3v) is 3.16. The molecule has 0 aromatic heterocycles. The van der Waals surface area contributed by atoms with E-state index in [1.54, 1.807) is 0 Å². The van der Waals surface area contributed by atoms with Crippen LogP contribution in [0.2, 0.25) is 0 Å². The maximum Gasteiger partial charge on any atom is 0.299 e. The third-order valence-electron chi connectivity index (χ3n) is 3.16. The Morgan fingerprint density at radius 1 is 1.29 bits per heavy atom. The number of Topliss-reactive ketones (excluding diaryl/α,β-unsaturated/α-hetero) is 1. The number of hydrogen-bond donors (Lipinski definition) is 1. The van der Waals surface area contributed by atoms with Crippen LogP contribution in [-0.4, -0.2) is 30.8 Å². The number of nitrogens with one attached hydrogen (secondary N) is 1. The molecule has 0 saturated heterocycles. The number of hydrogen-bond acceptors (Lipinski definition) is 3. The molecule has 1 N–H and O–H groups in total. The molecule has 0 fully saturated rings. The Kier molecular flexibility index (Phi) is 4.18. The topological polar surface area (TPSA) is 49.4 Å². The number of halogens is 2. The van der Waals surface area contributed by atoms with Gasteiger partial charge in [-0.05, 0) is 11.6 Å². The Hall–Kier alpha value is -2.08. The zero-order valence-corrected chi connectivity index (χ0v) is 11.9. The van der Waals surface area contributed by atoms with Gasteiger partial charge in [-0.1, -0.05) is 20.4 Å². The second kappa shape index (κ2) is 5.73. The summed E-state index contributed by atoms with van der Waals surface area (Å²) in [4.78, 5) is 24.9. The molecule has 0 aliphatic carbocycles. The molecule has 21 heavy (non-hydrogen) atoms. The van der Waals surface area contributed by atoms with Crippen LogP contribution in [0.25, 0.3) is 0 Å². The van der Waals surface area contributed by atoms with Gasteiger partial charge >= 0.3 is 0 Å². The van der Waals surface area contributed by atoms with E-state index in [4.69, 9.17) is 0 Å². The van der Waals surface area contributed by atoms with Crippen molar-refractivity contribution in [2.45, 2.75) is 19.9 Å². The fourth-order valence-corrected chi connectivity index (χ4v) is 2.07. The quantitative estimate of drug-likeness (QED) is 0.668. The van der Waals surface area contributed by atoms with Crippen molar-refractivity contribution in [3.63, 3.8) is 0 Å². The molecule has 1 heterocycles. The van der Waals surface area contributed by atoms with Crippen molar-refractivity contribution in [2.75, 3.05) is 18.0 Å². The largest absolute Gasteiger partial charge is 0.311 e. The normalized spacial score (nSPS) is 14.0. The lowest BCUT2D eigenvalue weighted by Crippen LogP contribution is -2.34. The van der Waals surface area contributed by atoms with Gasteiger partial charge < -0.3 is 10.2 Å². The first kappa shape index (κ1) is 15.3. The molecule has 1 aromatic carbocycles. The monoisotopic (exact) mass is 294 g/mol. The van der Waals surface area contributed by atoms with Crippen LogP contribution in [0.5, 0.6) is 0 Å². The first-order valence-corrected chi connectivity index (χ1v) is 6.56. The predicted octanol–water partition coefficient (Wildman–Crippen LogP) is 2.05. The lowest BCUT2D eigenvalue weighted by atomic mass is 10.1. The van der Waals surface area contributed by atoms with E-state index in [0.717, 1.165) is 17.0 Å². The van der Waals surface area contributed by atoms with Crippen LogP contribution in [-0.2, 0) is 4.79 Å².